The molecule has 0 saturated carbocycles. The van der Waals surface area contributed by atoms with Crippen molar-refractivity contribution in [2.75, 3.05) is 13.7 Å². The van der Waals surface area contributed by atoms with Crippen LogP contribution in [-0.4, -0.2) is 29.8 Å². The topological polar surface area (TPSA) is 64.1 Å². The van der Waals surface area contributed by atoms with Crippen LogP contribution in [0.25, 0.3) is 0 Å². The first-order valence-electron chi connectivity index (χ1n) is 6.40. The highest BCUT2D eigenvalue weighted by Gasteiger charge is 2.06. The number of aromatic nitrogens is 2. The van der Waals surface area contributed by atoms with Crippen LogP contribution in [-0.2, 0) is 6.42 Å². The minimum atomic E-state index is -0.203. The molecule has 1 aromatic heterocycles. The molecule has 0 unspecified atom stereocenters. The lowest BCUT2D eigenvalue weighted by atomic mass is 10.1. The summed E-state index contributed by atoms with van der Waals surface area (Å²) in [6, 6.07) is 11.2. The zero-order valence-corrected chi connectivity index (χ0v) is 11.6. The molecule has 2 rings (SSSR count). The molecule has 0 bridgehead atoms. The lowest BCUT2D eigenvalue weighted by Gasteiger charge is -2.05. The highest BCUT2D eigenvalue weighted by atomic mass is 16.5. The second kappa shape index (κ2) is 6.65. The summed E-state index contributed by atoms with van der Waals surface area (Å²) >= 11 is 0. The number of rotatable bonds is 5. The van der Waals surface area contributed by atoms with Gasteiger partial charge < -0.3 is 10.1 Å². The van der Waals surface area contributed by atoms with Gasteiger partial charge in [0.2, 0.25) is 0 Å². The van der Waals surface area contributed by atoms with Crippen molar-refractivity contribution < 1.29 is 9.53 Å². The second-order valence-electron chi connectivity index (χ2n) is 4.41. The van der Waals surface area contributed by atoms with Crippen LogP contribution in [0.3, 0.4) is 0 Å². The van der Waals surface area contributed by atoms with Gasteiger partial charge in [-0.15, -0.1) is 5.10 Å². The van der Waals surface area contributed by atoms with Gasteiger partial charge >= 0.3 is 0 Å². The molecule has 5 nitrogen and oxygen atoms in total. The predicted molar refractivity (Wildman–Crippen MR) is 75.8 cm³/mol. The van der Waals surface area contributed by atoms with E-state index in [0.717, 1.165) is 23.4 Å². The maximum atomic E-state index is 11.8. The average Bonchev–Trinajstić information content (AvgIpc) is 2.48. The standard InChI is InChI=1S/C15H17N3O2/c1-11-3-8-14(18-17-11)15(19)16-10-9-12-4-6-13(20-2)7-5-12/h3-8H,9-10H2,1-2H3,(H,16,19). The Labute approximate surface area is 118 Å². The zero-order valence-electron chi connectivity index (χ0n) is 11.6. The molecule has 0 atom stereocenters. The van der Waals surface area contributed by atoms with Crippen molar-refractivity contribution in [1.29, 1.82) is 0 Å². The van der Waals surface area contributed by atoms with E-state index in [1.807, 2.05) is 31.2 Å². The van der Waals surface area contributed by atoms with Crippen LogP contribution >= 0.6 is 0 Å². The lowest BCUT2D eigenvalue weighted by molar-refractivity contribution is 0.0948. The Morgan fingerprint density at radius 3 is 2.50 bits per heavy atom. The van der Waals surface area contributed by atoms with Gasteiger partial charge in [0.15, 0.2) is 5.69 Å². The summed E-state index contributed by atoms with van der Waals surface area (Å²) in [4.78, 5) is 11.8. The number of nitrogens with one attached hydrogen (secondary N) is 1. The van der Waals surface area contributed by atoms with Gasteiger partial charge in [0, 0.05) is 6.54 Å². The van der Waals surface area contributed by atoms with E-state index in [1.165, 1.54) is 0 Å². The summed E-state index contributed by atoms with van der Waals surface area (Å²) in [5.41, 5.74) is 2.27. The Balaban J connectivity index is 1.82. The largest absolute Gasteiger partial charge is 0.497 e. The number of benzene rings is 1. The molecule has 20 heavy (non-hydrogen) atoms. The van der Waals surface area contributed by atoms with E-state index in [9.17, 15) is 4.79 Å². The highest BCUT2D eigenvalue weighted by Crippen LogP contribution is 2.11. The number of carbonyl (C=O) groups is 1. The van der Waals surface area contributed by atoms with Crippen LogP contribution in [0.5, 0.6) is 5.75 Å². The number of aryl methyl sites for hydroxylation is 1. The second-order valence-corrected chi connectivity index (χ2v) is 4.41. The third-order valence-electron chi connectivity index (χ3n) is 2.89. The van der Waals surface area contributed by atoms with Crippen molar-refractivity contribution in [2.45, 2.75) is 13.3 Å². The zero-order chi connectivity index (χ0) is 14.4. The van der Waals surface area contributed by atoms with E-state index >= 15 is 0 Å². The fourth-order valence-electron chi connectivity index (χ4n) is 1.72. The van der Waals surface area contributed by atoms with E-state index in [-0.39, 0.29) is 5.91 Å². The van der Waals surface area contributed by atoms with Crippen molar-refractivity contribution in [3.8, 4) is 5.75 Å². The summed E-state index contributed by atoms with van der Waals surface area (Å²) in [7, 11) is 1.64. The molecule has 0 radical (unpaired) electrons. The van der Waals surface area contributed by atoms with Crippen LogP contribution < -0.4 is 10.1 Å². The van der Waals surface area contributed by atoms with E-state index in [1.54, 1.807) is 19.2 Å². The molecule has 5 heteroatoms. The summed E-state index contributed by atoms with van der Waals surface area (Å²) in [6.07, 6.45) is 0.759. The monoisotopic (exact) mass is 271 g/mol. The molecule has 2 aromatic rings. The van der Waals surface area contributed by atoms with Crippen LogP contribution in [0, 0.1) is 6.92 Å². The van der Waals surface area contributed by atoms with Crippen LogP contribution in [0.4, 0.5) is 0 Å². The number of carbonyl (C=O) groups excluding carboxylic acids is 1. The van der Waals surface area contributed by atoms with Gasteiger partial charge in [0.1, 0.15) is 5.75 Å². The summed E-state index contributed by atoms with van der Waals surface area (Å²) in [5, 5.41) is 10.5. The molecule has 1 aromatic carbocycles. The van der Waals surface area contributed by atoms with Gasteiger partial charge in [-0.1, -0.05) is 12.1 Å². The Hall–Kier alpha value is -2.43. The first kappa shape index (κ1) is 14.0. The first-order valence-corrected chi connectivity index (χ1v) is 6.40. The number of amides is 1. The average molecular weight is 271 g/mol. The molecule has 0 aliphatic rings. The minimum Gasteiger partial charge on any atom is -0.497 e. The van der Waals surface area contributed by atoms with Crippen LogP contribution in [0.1, 0.15) is 21.7 Å². The fourth-order valence-corrected chi connectivity index (χ4v) is 1.72. The van der Waals surface area contributed by atoms with Gasteiger partial charge in [-0.3, -0.25) is 4.79 Å². The maximum Gasteiger partial charge on any atom is 0.271 e. The molecule has 104 valence electrons. The van der Waals surface area contributed by atoms with Crippen LogP contribution in [0.2, 0.25) is 0 Å². The molecule has 1 amide bonds. The van der Waals surface area contributed by atoms with Crippen LogP contribution in [0.15, 0.2) is 36.4 Å². The fraction of sp³-hybridized carbons (Fsp3) is 0.267. The van der Waals surface area contributed by atoms with Gasteiger partial charge in [0.25, 0.3) is 5.91 Å². The van der Waals surface area contributed by atoms with Crippen molar-refractivity contribution >= 4 is 5.91 Å². The molecule has 0 fully saturated rings. The third kappa shape index (κ3) is 3.78. The van der Waals surface area contributed by atoms with Crippen molar-refractivity contribution in [1.82, 2.24) is 15.5 Å². The molecule has 1 N–H and O–H groups in total. The van der Waals surface area contributed by atoms with Crippen molar-refractivity contribution in [2.24, 2.45) is 0 Å². The number of nitrogens with zero attached hydrogens (tertiary/aromatic N) is 2. The van der Waals surface area contributed by atoms with Gasteiger partial charge in [-0.05, 0) is 43.2 Å². The SMILES string of the molecule is COc1ccc(CCNC(=O)c2ccc(C)nn2)cc1. The minimum absolute atomic E-state index is 0.203. The molecular weight excluding hydrogens is 254 g/mol. The normalized spacial score (nSPS) is 10.1. The molecular formula is C15H17N3O2. The van der Waals surface area contributed by atoms with Crippen molar-refractivity contribution in [3.05, 3.63) is 53.3 Å². The quantitative estimate of drug-likeness (QED) is 0.900. The predicted octanol–water partition coefficient (Wildman–Crippen LogP) is 1.77. The molecule has 0 aliphatic carbocycles. The first-order chi connectivity index (χ1) is 9.69. The maximum absolute atomic E-state index is 11.8. The Morgan fingerprint density at radius 2 is 1.90 bits per heavy atom. The summed E-state index contributed by atoms with van der Waals surface area (Å²) in [5.74, 6) is 0.624. The summed E-state index contributed by atoms with van der Waals surface area (Å²) < 4.78 is 5.09. The highest BCUT2D eigenvalue weighted by molar-refractivity contribution is 5.91. The molecule has 1 heterocycles. The smallest absolute Gasteiger partial charge is 0.271 e. The Morgan fingerprint density at radius 1 is 1.15 bits per heavy atom. The summed E-state index contributed by atoms with van der Waals surface area (Å²) in [6.45, 7) is 2.39. The lowest BCUT2D eigenvalue weighted by Crippen LogP contribution is -2.26. The van der Waals surface area contributed by atoms with E-state index in [0.29, 0.717) is 12.2 Å². The number of ether oxygens (including phenoxy) is 1. The number of hydrogen-bond acceptors (Lipinski definition) is 4. The molecule has 0 aliphatic heterocycles. The van der Waals surface area contributed by atoms with Gasteiger partial charge in [0.05, 0.1) is 12.8 Å². The Bertz CT molecular complexity index is 565. The number of methoxy groups -OCH3 is 1. The van der Waals surface area contributed by atoms with E-state index in [2.05, 4.69) is 15.5 Å². The van der Waals surface area contributed by atoms with Gasteiger partial charge in [-0.25, -0.2) is 0 Å². The van der Waals surface area contributed by atoms with E-state index < -0.39 is 0 Å². The van der Waals surface area contributed by atoms with Crippen molar-refractivity contribution in [3.63, 3.8) is 0 Å². The third-order valence-corrected chi connectivity index (χ3v) is 2.89. The Kier molecular flexibility index (Phi) is 4.65. The van der Waals surface area contributed by atoms with Gasteiger partial charge in [-0.2, -0.15) is 5.10 Å². The molecule has 0 saturated heterocycles. The number of hydrogen-bond donors (Lipinski definition) is 1. The van der Waals surface area contributed by atoms with E-state index in [4.69, 9.17) is 4.74 Å². The molecule has 0 spiro atoms.